The Hall–Kier alpha value is -0.120. The fourth-order valence-electron chi connectivity index (χ4n) is 1.54. The summed E-state index contributed by atoms with van der Waals surface area (Å²) in [7, 11) is 0. The summed E-state index contributed by atoms with van der Waals surface area (Å²) in [5, 5.41) is 0. The highest BCUT2D eigenvalue weighted by Gasteiger charge is 2.23. The van der Waals surface area contributed by atoms with Crippen LogP contribution in [-0.4, -0.2) is 43.3 Å². The topological polar surface area (TPSA) is 38.5 Å². The molecule has 0 aliphatic carbocycles. The van der Waals surface area contributed by atoms with Gasteiger partial charge < -0.3 is 10.5 Å². The Labute approximate surface area is 74.9 Å². The van der Waals surface area contributed by atoms with Crippen LogP contribution in [0.1, 0.15) is 20.3 Å². The Morgan fingerprint density at radius 3 is 2.92 bits per heavy atom. The first-order chi connectivity index (χ1) is 5.77. The molecule has 0 amide bonds. The number of rotatable bonds is 3. The number of morpholine rings is 1. The smallest absolute Gasteiger partial charge is 0.0853 e. The lowest BCUT2D eigenvalue weighted by Gasteiger charge is -2.34. The molecule has 1 fully saturated rings. The fourth-order valence-corrected chi connectivity index (χ4v) is 1.54. The highest BCUT2D eigenvalue weighted by Crippen LogP contribution is 2.08. The van der Waals surface area contributed by atoms with Crippen molar-refractivity contribution < 1.29 is 4.74 Å². The summed E-state index contributed by atoms with van der Waals surface area (Å²) in [5.74, 6) is 0. The Balaban J connectivity index is 2.34. The van der Waals surface area contributed by atoms with Crippen molar-refractivity contribution in [3.8, 4) is 0 Å². The number of nitrogens with zero attached hydrogens (tertiary/aromatic N) is 1. The second-order valence-electron chi connectivity index (χ2n) is 3.37. The fraction of sp³-hybridized carbons (Fsp3) is 1.00. The third-order valence-corrected chi connectivity index (χ3v) is 2.57. The zero-order valence-corrected chi connectivity index (χ0v) is 8.12. The van der Waals surface area contributed by atoms with Gasteiger partial charge in [0.2, 0.25) is 0 Å². The van der Waals surface area contributed by atoms with Gasteiger partial charge in [0, 0.05) is 19.1 Å². The van der Waals surface area contributed by atoms with Gasteiger partial charge in [-0.15, -0.1) is 0 Å². The monoisotopic (exact) mass is 172 g/mol. The standard InChI is InChI=1S/C9H20N2O/c1-3-8(10)9-7-11(4-2)5-6-12-9/h8-9H,3-7,10H2,1-2H3/t8-,9?/m1/s1. The van der Waals surface area contributed by atoms with E-state index in [9.17, 15) is 0 Å². The normalized spacial score (nSPS) is 28.8. The zero-order chi connectivity index (χ0) is 8.97. The molecular formula is C9H20N2O. The van der Waals surface area contributed by atoms with Gasteiger partial charge in [0.25, 0.3) is 0 Å². The number of ether oxygens (including phenoxy) is 1. The van der Waals surface area contributed by atoms with Crippen molar-refractivity contribution in [1.82, 2.24) is 4.90 Å². The minimum absolute atomic E-state index is 0.208. The number of hydrogen-bond donors (Lipinski definition) is 1. The van der Waals surface area contributed by atoms with Gasteiger partial charge in [0.1, 0.15) is 0 Å². The Kier molecular flexibility index (Phi) is 3.98. The average molecular weight is 172 g/mol. The van der Waals surface area contributed by atoms with Crippen LogP contribution in [0.3, 0.4) is 0 Å². The van der Waals surface area contributed by atoms with E-state index in [0.29, 0.717) is 0 Å². The molecule has 0 bridgehead atoms. The maximum Gasteiger partial charge on any atom is 0.0853 e. The molecule has 3 heteroatoms. The summed E-state index contributed by atoms with van der Waals surface area (Å²) in [6, 6.07) is 0.208. The molecule has 72 valence electrons. The largest absolute Gasteiger partial charge is 0.374 e. The molecule has 1 aliphatic rings. The molecule has 0 aromatic heterocycles. The van der Waals surface area contributed by atoms with Gasteiger partial charge in [0.15, 0.2) is 0 Å². The maximum atomic E-state index is 5.91. The van der Waals surface area contributed by atoms with Crippen molar-refractivity contribution in [2.75, 3.05) is 26.2 Å². The van der Waals surface area contributed by atoms with E-state index in [2.05, 4.69) is 18.7 Å². The Bertz CT molecular complexity index is 128. The molecule has 1 heterocycles. The molecule has 1 aliphatic heterocycles. The number of nitrogens with two attached hydrogens (primary N) is 1. The van der Waals surface area contributed by atoms with Crippen LogP contribution in [0.25, 0.3) is 0 Å². The van der Waals surface area contributed by atoms with Gasteiger partial charge in [-0.25, -0.2) is 0 Å². The van der Waals surface area contributed by atoms with E-state index in [0.717, 1.165) is 32.7 Å². The van der Waals surface area contributed by atoms with Crippen molar-refractivity contribution in [1.29, 1.82) is 0 Å². The summed E-state index contributed by atoms with van der Waals surface area (Å²) in [4.78, 5) is 2.39. The van der Waals surface area contributed by atoms with Gasteiger partial charge >= 0.3 is 0 Å². The lowest BCUT2D eigenvalue weighted by atomic mass is 10.1. The van der Waals surface area contributed by atoms with Crippen LogP contribution in [0.4, 0.5) is 0 Å². The lowest BCUT2D eigenvalue weighted by Crippen LogP contribution is -2.50. The molecule has 0 saturated carbocycles. The molecule has 1 unspecified atom stereocenters. The predicted octanol–water partition coefficient (Wildman–Crippen LogP) is 0.444. The van der Waals surface area contributed by atoms with Gasteiger partial charge in [-0.1, -0.05) is 13.8 Å². The third-order valence-electron chi connectivity index (χ3n) is 2.57. The van der Waals surface area contributed by atoms with Crippen LogP contribution in [0.5, 0.6) is 0 Å². The van der Waals surface area contributed by atoms with Gasteiger partial charge in [-0.05, 0) is 13.0 Å². The second-order valence-corrected chi connectivity index (χ2v) is 3.37. The molecular weight excluding hydrogens is 152 g/mol. The minimum atomic E-state index is 0.208. The van der Waals surface area contributed by atoms with Crippen molar-refractivity contribution >= 4 is 0 Å². The molecule has 0 spiro atoms. The summed E-state index contributed by atoms with van der Waals surface area (Å²) < 4.78 is 5.60. The van der Waals surface area contributed by atoms with Crippen LogP contribution < -0.4 is 5.73 Å². The van der Waals surface area contributed by atoms with E-state index in [1.54, 1.807) is 0 Å². The average Bonchev–Trinajstić information content (AvgIpc) is 2.17. The van der Waals surface area contributed by atoms with Crippen LogP contribution in [0.2, 0.25) is 0 Å². The quantitative estimate of drug-likeness (QED) is 0.671. The van der Waals surface area contributed by atoms with Gasteiger partial charge in [-0.2, -0.15) is 0 Å². The molecule has 0 aromatic carbocycles. The molecule has 2 atom stereocenters. The summed E-state index contributed by atoms with van der Waals surface area (Å²) >= 11 is 0. The molecule has 12 heavy (non-hydrogen) atoms. The van der Waals surface area contributed by atoms with E-state index in [-0.39, 0.29) is 12.1 Å². The molecule has 2 N–H and O–H groups in total. The van der Waals surface area contributed by atoms with Crippen molar-refractivity contribution in [2.45, 2.75) is 32.4 Å². The minimum Gasteiger partial charge on any atom is -0.374 e. The van der Waals surface area contributed by atoms with E-state index >= 15 is 0 Å². The lowest BCUT2D eigenvalue weighted by molar-refractivity contribution is -0.0391. The van der Waals surface area contributed by atoms with Crippen LogP contribution in [0, 0.1) is 0 Å². The molecule has 3 nitrogen and oxygen atoms in total. The zero-order valence-electron chi connectivity index (χ0n) is 8.12. The van der Waals surface area contributed by atoms with Gasteiger partial charge in [-0.3, -0.25) is 4.90 Å². The van der Waals surface area contributed by atoms with E-state index < -0.39 is 0 Å². The molecule has 1 saturated heterocycles. The van der Waals surface area contributed by atoms with E-state index in [4.69, 9.17) is 10.5 Å². The van der Waals surface area contributed by atoms with Gasteiger partial charge in [0.05, 0.1) is 12.7 Å². The third kappa shape index (κ3) is 2.44. The Morgan fingerprint density at radius 1 is 1.58 bits per heavy atom. The second kappa shape index (κ2) is 4.80. The number of likely N-dealkylation sites (N-methyl/N-ethyl adjacent to an activating group) is 1. The first-order valence-electron chi connectivity index (χ1n) is 4.87. The van der Waals surface area contributed by atoms with Crippen molar-refractivity contribution in [3.05, 3.63) is 0 Å². The van der Waals surface area contributed by atoms with Crippen molar-refractivity contribution in [3.63, 3.8) is 0 Å². The van der Waals surface area contributed by atoms with Crippen LogP contribution >= 0.6 is 0 Å². The maximum absolute atomic E-state index is 5.91. The molecule has 0 radical (unpaired) electrons. The summed E-state index contributed by atoms with van der Waals surface area (Å²) in [6.07, 6.45) is 1.26. The van der Waals surface area contributed by atoms with Crippen LogP contribution in [0.15, 0.2) is 0 Å². The summed E-state index contributed by atoms with van der Waals surface area (Å²) in [5.41, 5.74) is 5.91. The number of hydrogen-bond acceptors (Lipinski definition) is 3. The highest BCUT2D eigenvalue weighted by molar-refractivity contribution is 4.78. The highest BCUT2D eigenvalue weighted by atomic mass is 16.5. The molecule has 1 rings (SSSR count). The first-order valence-corrected chi connectivity index (χ1v) is 4.87. The first kappa shape index (κ1) is 9.96. The van der Waals surface area contributed by atoms with Crippen LogP contribution in [-0.2, 0) is 4.74 Å². The van der Waals surface area contributed by atoms with Crippen molar-refractivity contribution in [2.24, 2.45) is 5.73 Å². The molecule has 0 aromatic rings. The Morgan fingerprint density at radius 2 is 2.33 bits per heavy atom. The predicted molar refractivity (Wildman–Crippen MR) is 50.1 cm³/mol. The van der Waals surface area contributed by atoms with E-state index in [1.807, 2.05) is 0 Å². The van der Waals surface area contributed by atoms with E-state index in [1.165, 1.54) is 0 Å². The SMILES string of the molecule is CC[C@@H](N)C1CN(CC)CCO1. The summed E-state index contributed by atoms with van der Waals surface area (Å²) in [6.45, 7) is 8.30.